The van der Waals surface area contributed by atoms with Gasteiger partial charge in [-0.15, -0.1) is 0 Å². The molecule has 150 valence electrons. The van der Waals surface area contributed by atoms with Crippen LogP contribution >= 0.6 is 0 Å². The number of aromatic nitrogens is 2. The highest BCUT2D eigenvalue weighted by Crippen LogP contribution is 2.49. The summed E-state index contributed by atoms with van der Waals surface area (Å²) in [7, 11) is 0. The summed E-state index contributed by atoms with van der Waals surface area (Å²) >= 11 is 0. The average Bonchev–Trinajstić information content (AvgIpc) is 3.26. The van der Waals surface area contributed by atoms with Crippen molar-refractivity contribution in [1.29, 1.82) is 0 Å². The molecule has 1 saturated carbocycles. The Balaban J connectivity index is 1.46. The Hall–Kier alpha value is -1.96. The summed E-state index contributed by atoms with van der Waals surface area (Å²) in [5.74, 6) is 1.33. The van der Waals surface area contributed by atoms with Gasteiger partial charge in [0, 0.05) is 32.7 Å². The first-order chi connectivity index (χ1) is 13.7. The Kier molecular flexibility index (Phi) is 4.61. The van der Waals surface area contributed by atoms with Gasteiger partial charge in [0.2, 0.25) is 0 Å². The maximum absolute atomic E-state index is 11.8. The number of hydrogen-bond acceptors (Lipinski definition) is 5. The van der Waals surface area contributed by atoms with E-state index in [2.05, 4.69) is 14.8 Å². The zero-order chi connectivity index (χ0) is 19.1. The van der Waals surface area contributed by atoms with Crippen LogP contribution in [-0.4, -0.2) is 71.6 Å². The van der Waals surface area contributed by atoms with Crippen LogP contribution in [0.3, 0.4) is 0 Å². The number of nitrogens with zero attached hydrogens (tertiary/aromatic N) is 3. The van der Waals surface area contributed by atoms with Crippen molar-refractivity contribution in [3.63, 3.8) is 0 Å². The second-order valence-electron chi connectivity index (χ2n) is 8.55. The van der Waals surface area contributed by atoms with Gasteiger partial charge in [0.05, 0.1) is 29.8 Å². The number of primary amides is 1. The molecule has 3 aliphatic rings. The number of carbonyl (C=O) groups is 1. The molecular formula is C21H29N5O2. The van der Waals surface area contributed by atoms with Gasteiger partial charge in [-0.25, -0.2) is 4.98 Å². The van der Waals surface area contributed by atoms with Crippen molar-refractivity contribution in [2.45, 2.75) is 31.2 Å². The number of fused-ring (bicyclic) bond motifs is 3. The number of hydrogen-bond donors (Lipinski definition) is 2. The molecule has 28 heavy (non-hydrogen) atoms. The molecule has 3 heterocycles. The molecule has 2 bridgehead atoms. The molecule has 2 aliphatic heterocycles. The first-order valence-electron chi connectivity index (χ1n) is 10.5. The molecule has 0 radical (unpaired) electrons. The molecule has 1 aliphatic carbocycles. The zero-order valence-electron chi connectivity index (χ0n) is 16.3. The van der Waals surface area contributed by atoms with E-state index in [4.69, 9.17) is 15.5 Å². The lowest BCUT2D eigenvalue weighted by atomic mass is 9.79. The molecule has 3 N–H and O–H groups in total. The summed E-state index contributed by atoms with van der Waals surface area (Å²) in [5.41, 5.74) is 7.66. The van der Waals surface area contributed by atoms with Gasteiger partial charge in [-0.05, 0) is 37.3 Å². The molecule has 1 aromatic carbocycles. The number of carbonyl (C=O) groups excluding carboxylic acids is 1. The molecule has 0 spiro atoms. The number of nitrogens with two attached hydrogens (primary N) is 1. The number of benzene rings is 1. The third kappa shape index (κ3) is 3.02. The number of para-hydroxylation sites is 1. The topological polar surface area (TPSA) is 87.5 Å². The molecule has 2 aromatic rings. The van der Waals surface area contributed by atoms with Crippen LogP contribution < -0.4 is 5.73 Å². The third-order valence-electron chi connectivity index (χ3n) is 6.92. The molecule has 7 heteroatoms. The van der Waals surface area contributed by atoms with Crippen molar-refractivity contribution in [3.05, 3.63) is 29.6 Å². The van der Waals surface area contributed by atoms with Crippen molar-refractivity contribution >= 4 is 16.9 Å². The maximum atomic E-state index is 11.8. The van der Waals surface area contributed by atoms with Gasteiger partial charge in [0.15, 0.2) is 0 Å². The van der Waals surface area contributed by atoms with Crippen molar-refractivity contribution < 1.29 is 9.53 Å². The summed E-state index contributed by atoms with van der Waals surface area (Å²) in [5, 5.41) is 0. The zero-order valence-corrected chi connectivity index (χ0v) is 16.3. The van der Waals surface area contributed by atoms with Gasteiger partial charge in [0.25, 0.3) is 5.91 Å². The minimum atomic E-state index is -0.418. The number of amides is 1. The quantitative estimate of drug-likeness (QED) is 0.821. The second kappa shape index (κ2) is 7.13. The smallest absolute Gasteiger partial charge is 0.250 e. The van der Waals surface area contributed by atoms with E-state index in [1.807, 2.05) is 12.1 Å². The Morgan fingerprint density at radius 1 is 1.32 bits per heavy atom. The molecule has 3 fully saturated rings. The predicted molar refractivity (Wildman–Crippen MR) is 107 cm³/mol. The normalized spacial score (nSPS) is 28.8. The first-order valence-corrected chi connectivity index (χ1v) is 10.5. The van der Waals surface area contributed by atoms with Crippen molar-refractivity contribution in [2.24, 2.45) is 11.7 Å². The number of ether oxygens (including phenoxy) is 1. The van der Waals surface area contributed by atoms with Gasteiger partial charge >= 0.3 is 0 Å². The van der Waals surface area contributed by atoms with E-state index in [0.717, 1.165) is 76.0 Å². The lowest BCUT2D eigenvalue weighted by molar-refractivity contribution is 0.0252. The largest absolute Gasteiger partial charge is 0.379 e. The van der Waals surface area contributed by atoms with Gasteiger partial charge in [0.1, 0.15) is 11.3 Å². The number of imidazole rings is 1. The number of H-pyrrole nitrogens is 1. The van der Waals surface area contributed by atoms with E-state index in [0.29, 0.717) is 11.1 Å². The molecule has 7 nitrogen and oxygen atoms in total. The summed E-state index contributed by atoms with van der Waals surface area (Å²) < 4.78 is 5.49. The molecule has 2 saturated heterocycles. The molecular weight excluding hydrogens is 354 g/mol. The van der Waals surface area contributed by atoms with Crippen molar-refractivity contribution in [1.82, 2.24) is 19.8 Å². The van der Waals surface area contributed by atoms with Gasteiger partial charge in [-0.2, -0.15) is 0 Å². The van der Waals surface area contributed by atoms with E-state index in [1.54, 1.807) is 6.07 Å². The van der Waals surface area contributed by atoms with Crippen LogP contribution in [0.2, 0.25) is 0 Å². The van der Waals surface area contributed by atoms with E-state index >= 15 is 0 Å². The minimum absolute atomic E-state index is 0.0386. The fraction of sp³-hybridized carbons (Fsp3) is 0.619. The van der Waals surface area contributed by atoms with E-state index < -0.39 is 5.91 Å². The summed E-state index contributed by atoms with van der Waals surface area (Å²) in [6.45, 7) is 7.00. The van der Waals surface area contributed by atoms with E-state index in [-0.39, 0.29) is 5.54 Å². The van der Waals surface area contributed by atoms with E-state index in [9.17, 15) is 4.79 Å². The molecule has 0 unspecified atom stereocenters. The number of aromatic amines is 1. The molecule has 2 atom stereocenters. The highest BCUT2D eigenvalue weighted by Gasteiger charge is 2.50. The van der Waals surface area contributed by atoms with Gasteiger partial charge in [-0.1, -0.05) is 12.5 Å². The number of morpholine rings is 1. The van der Waals surface area contributed by atoms with Crippen LogP contribution in [0, 0.1) is 5.92 Å². The minimum Gasteiger partial charge on any atom is -0.379 e. The van der Waals surface area contributed by atoms with Crippen LogP contribution in [0.25, 0.3) is 11.0 Å². The number of likely N-dealkylation sites (tertiary alicyclic amines) is 1. The van der Waals surface area contributed by atoms with Crippen LogP contribution in [0.1, 0.15) is 41.9 Å². The standard InChI is InChI=1S/C21H29N5O2/c22-19(27)16-4-1-5-17-18(16)24-20(23-17)21-6-2-3-15(13-21)14-26(21)8-7-25-9-11-28-12-10-25/h1,4-5,15H,2-3,6-14H2,(H2,22,27)(H,23,24)/t15-,21+/m1/s1. The highest BCUT2D eigenvalue weighted by atomic mass is 16.5. The third-order valence-corrected chi connectivity index (χ3v) is 6.92. The second-order valence-corrected chi connectivity index (χ2v) is 8.55. The summed E-state index contributed by atoms with van der Waals surface area (Å²) in [4.78, 5) is 25.5. The highest BCUT2D eigenvalue weighted by molar-refractivity contribution is 6.04. The lowest BCUT2D eigenvalue weighted by Crippen LogP contribution is -2.47. The lowest BCUT2D eigenvalue weighted by Gasteiger charge is -2.39. The van der Waals surface area contributed by atoms with Crippen LogP contribution in [0.15, 0.2) is 18.2 Å². The Morgan fingerprint density at radius 3 is 3.00 bits per heavy atom. The molecule has 1 amide bonds. The molecule has 1 aromatic heterocycles. The van der Waals surface area contributed by atoms with Gasteiger partial charge in [-0.3, -0.25) is 14.6 Å². The fourth-order valence-corrected chi connectivity index (χ4v) is 5.50. The average molecular weight is 383 g/mol. The van der Waals surface area contributed by atoms with Crippen molar-refractivity contribution in [3.8, 4) is 0 Å². The van der Waals surface area contributed by atoms with E-state index in [1.165, 1.54) is 12.8 Å². The molecule has 5 rings (SSSR count). The van der Waals surface area contributed by atoms with Crippen LogP contribution in [0.5, 0.6) is 0 Å². The Bertz CT molecular complexity index is 875. The SMILES string of the molecule is NC(=O)c1cccc2[nH]c([C@@]34CCC[C@@H](CN3CCN3CCOCC3)C4)nc12. The maximum Gasteiger partial charge on any atom is 0.250 e. The van der Waals surface area contributed by atoms with Gasteiger partial charge < -0.3 is 15.5 Å². The fourth-order valence-electron chi connectivity index (χ4n) is 5.50. The van der Waals surface area contributed by atoms with Crippen molar-refractivity contribution in [2.75, 3.05) is 45.9 Å². The predicted octanol–water partition coefficient (Wildman–Crippen LogP) is 1.70. The Labute approximate surface area is 165 Å². The van der Waals surface area contributed by atoms with Crippen LogP contribution in [0.4, 0.5) is 0 Å². The number of nitrogens with one attached hydrogen (secondary N) is 1. The Morgan fingerprint density at radius 2 is 2.18 bits per heavy atom. The first kappa shape index (κ1) is 18.1. The summed E-state index contributed by atoms with van der Waals surface area (Å²) in [6, 6.07) is 5.63. The summed E-state index contributed by atoms with van der Waals surface area (Å²) in [6.07, 6.45) is 4.82. The monoisotopic (exact) mass is 383 g/mol. The number of rotatable bonds is 5. The van der Waals surface area contributed by atoms with Crippen LogP contribution in [-0.2, 0) is 10.3 Å².